The number of hydrogen-bond acceptors (Lipinski definition) is 4. The lowest BCUT2D eigenvalue weighted by atomic mass is 10.0. The third-order valence-electron chi connectivity index (χ3n) is 4.45. The van der Waals surface area contributed by atoms with Gasteiger partial charge in [0.25, 0.3) is 5.56 Å². The number of nitrogens with zero attached hydrogens (tertiary/aromatic N) is 2. The number of benzene rings is 1. The number of hydrogen-bond donors (Lipinski definition) is 1. The van der Waals surface area contributed by atoms with Gasteiger partial charge in [0.05, 0.1) is 0 Å². The van der Waals surface area contributed by atoms with E-state index < -0.39 is 0 Å². The number of nitrogens with one attached hydrogen (secondary N) is 1. The summed E-state index contributed by atoms with van der Waals surface area (Å²) in [5, 5.41) is 0.568. The molecule has 2 aromatic rings. The Kier molecular flexibility index (Phi) is 5.22. The van der Waals surface area contributed by atoms with Crippen molar-refractivity contribution in [3.63, 3.8) is 0 Å². The van der Waals surface area contributed by atoms with Crippen molar-refractivity contribution < 1.29 is 9.18 Å². The van der Waals surface area contributed by atoms with E-state index in [9.17, 15) is 14.0 Å². The van der Waals surface area contributed by atoms with E-state index in [0.29, 0.717) is 35.1 Å². The van der Waals surface area contributed by atoms with E-state index >= 15 is 0 Å². The largest absolute Gasteiger partial charge is 0.312 e. The Morgan fingerprint density at radius 2 is 2.24 bits per heavy atom. The minimum atomic E-state index is -0.345. The maximum Gasteiger partial charge on any atom is 0.254 e. The molecule has 1 amide bonds. The van der Waals surface area contributed by atoms with E-state index in [4.69, 9.17) is 0 Å². The number of fused-ring (bicyclic) bond motifs is 1. The van der Waals surface area contributed by atoms with Crippen molar-refractivity contribution in [1.82, 2.24) is 9.97 Å². The molecule has 1 aromatic carbocycles. The van der Waals surface area contributed by atoms with E-state index in [-0.39, 0.29) is 23.7 Å². The van der Waals surface area contributed by atoms with Crippen LogP contribution in [0.4, 0.5) is 10.1 Å². The maximum absolute atomic E-state index is 13.6. The molecule has 0 saturated carbocycles. The fraction of sp³-hybridized carbons (Fsp3) is 0.389. The van der Waals surface area contributed by atoms with Gasteiger partial charge < -0.3 is 9.88 Å². The molecule has 0 spiro atoms. The fourth-order valence-electron chi connectivity index (χ4n) is 3.15. The van der Waals surface area contributed by atoms with Gasteiger partial charge in [-0.1, -0.05) is 17.8 Å². The van der Waals surface area contributed by atoms with E-state index in [1.165, 1.54) is 23.9 Å². The van der Waals surface area contributed by atoms with Crippen molar-refractivity contribution in [2.24, 2.45) is 0 Å². The number of aromatic nitrogens is 2. The zero-order valence-corrected chi connectivity index (χ0v) is 15.1. The Bertz CT molecular complexity index is 866. The molecule has 0 atom stereocenters. The van der Waals surface area contributed by atoms with Gasteiger partial charge >= 0.3 is 0 Å². The van der Waals surface area contributed by atoms with Crippen LogP contribution in [0, 0.1) is 12.7 Å². The van der Waals surface area contributed by atoms with Gasteiger partial charge in [-0.2, -0.15) is 0 Å². The zero-order valence-electron chi connectivity index (χ0n) is 14.3. The van der Waals surface area contributed by atoms with Crippen LogP contribution >= 0.6 is 11.8 Å². The summed E-state index contributed by atoms with van der Waals surface area (Å²) in [6.07, 6.45) is 4.06. The van der Waals surface area contributed by atoms with Crippen LogP contribution in [0.25, 0.3) is 0 Å². The van der Waals surface area contributed by atoms with E-state index in [1.54, 1.807) is 17.9 Å². The van der Waals surface area contributed by atoms with Crippen molar-refractivity contribution in [2.45, 2.75) is 37.8 Å². The van der Waals surface area contributed by atoms with E-state index in [0.717, 1.165) is 18.4 Å². The number of carbonyl (C=O) groups is 1. The van der Waals surface area contributed by atoms with Crippen LogP contribution in [0.1, 0.15) is 29.7 Å². The normalized spacial score (nSPS) is 13.6. The third kappa shape index (κ3) is 3.76. The Labute approximate surface area is 149 Å². The Morgan fingerprint density at radius 1 is 1.44 bits per heavy atom. The lowest BCUT2D eigenvalue weighted by Gasteiger charge is -2.29. The molecule has 0 saturated heterocycles. The highest BCUT2D eigenvalue weighted by molar-refractivity contribution is 7.98. The molecule has 0 unspecified atom stereocenters. The number of anilines is 1. The molecule has 0 fully saturated rings. The molecule has 1 aromatic heterocycles. The molecule has 0 aliphatic carbocycles. The smallest absolute Gasteiger partial charge is 0.254 e. The van der Waals surface area contributed by atoms with Gasteiger partial charge in [-0.05, 0) is 50.1 Å². The zero-order chi connectivity index (χ0) is 18.0. The lowest BCUT2D eigenvalue weighted by molar-refractivity contribution is -0.118. The average Bonchev–Trinajstić information content (AvgIpc) is 2.60. The lowest BCUT2D eigenvalue weighted by Crippen LogP contribution is -2.36. The Balaban J connectivity index is 1.77. The summed E-state index contributed by atoms with van der Waals surface area (Å²) in [5.41, 5.74) is 2.61. The molecule has 1 aliphatic rings. The van der Waals surface area contributed by atoms with Crippen LogP contribution in [0.5, 0.6) is 0 Å². The summed E-state index contributed by atoms with van der Waals surface area (Å²) in [7, 11) is 0. The second-order valence-electron chi connectivity index (χ2n) is 6.06. The second-order valence-corrected chi connectivity index (χ2v) is 6.86. The molecule has 25 heavy (non-hydrogen) atoms. The predicted octanol–water partition coefficient (Wildman–Crippen LogP) is 2.85. The average molecular weight is 361 g/mol. The van der Waals surface area contributed by atoms with Gasteiger partial charge in [0.15, 0.2) is 5.16 Å². The van der Waals surface area contributed by atoms with Crippen molar-refractivity contribution >= 4 is 23.4 Å². The molecular weight excluding hydrogens is 341 g/mol. The monoisotopic (exact) mass is 361 g/mol. The summed E-state index contributed by atoms with van der Waals surface area (Å²) in [6.45, 7) is 2.36. The molecule has 0 radical (unpaired) electrons. The number of H-pyrrole nitrogens is 1. The molecule has 2 heterocycles. The molecule has 5 nitrogen and oxygen atoms in total. The molecule has 0 bridgehead atoms. The van der Waals surface area contributed by atoms with Crippen LogP contribution < -0.4 is 10.5 Å². The summed E-state index contributed by atoms with van der Waals surface area (Å²) in [4.78, 5) is 33.5. The highest BCUT2D eigenvalue weighted by Crippen LogP contribution is 2.28. The first-order valence-corrected chi connectivity index (χ1v) is 9.44. The maximum atomic E-state index is 13.6. The molecule has 7 heteroatoms. The highest BCUT2D eigenvalue weighted by Gasteiger charge is 2.23. The van der Waals surface area contributed by atoms with Crippen LogP contribution in [-0.4, -0.2) is 28.7 Å². The molecular formula is C18H20FN3O2S. The molecule has 132 valence electrons. The van der Waals surface area contributed by atoms with Gasteiger partial charge in [0.1, 0.15) is 5.82 Å². The Hall–Kier alpha value is -2.15. The third-order valence-corrected chi connectivity index (χ3v) is 5.03. The number of halogens is 1. The number of amides is 1. The minimum absolute atomic E-state index is 0.0979. The van der Waals surface area contributed by atoms with Crippen molar-refractivity contribution in [1.29, 1.82) is 0 Å². The van der Waals surface area contributed by atoms with Crippen LogP contribution in [0.15, 0.2) is 28.2 Å². The first kappa shape index (κ1) is 17.7. The van der Waals surface area contributed by atoms with E-state index in [2.05, 4.69) is 9.97 Å². The number of thioether (sulfide) groups is 1. The van der Waals surface area contributed by atoms with Gasteiger partial charge in [-0.25, -0.2) is 9.37 Å². The topological polar surface area (TPSA) is 66.1 Å². The highest BCUT2D eigenvalue weighted by atomic mass is 32.2. The van der Waals surface area contributed by atoms with Gasteiger partial charge in [0.2, 0.25) is 5.91 Å². The fourth-order valence-corrected chi connectivity index (χ4v) is 3.57. The quantitative estimate of drug-likeness (QED) is 0.672. The number of carbonyl (C=O) groups excluding carboxylic acids is 1. The standard InChI is InChI=1S/C18H20FN3O2S/c1-11-14(17(24)21-18(20-11)25-2)7-8-16(23)22-9-3-4-12-5-6-13(19)10-15(12)22/h5-6,10H,3-4,7-9H2,1-2H3,(H,20,21,24). The molecule has 1 N–H and O–H groups in total. The van der Waals surface area contributed by atoms with Crippen molar-refractivity contribution in [3.05, 3.63) is 51.2 Å². The molecule has 1 aliphatic heterocycles. The number of rotatable bonds is 4. The summed E-state index contributed by atoms with van der Waals surface area (Å²) in [6, 6.07) is 4.58. The number of aromatic amines is 1. The Morgan fingerprint density at radius 3 is 2.96 bits per heavy atom. The van der Waals surface area contributed by atoms with Gasteiger partial charge in [0, 0.05) is 29.9 Å². The van der Waals surface area contributed by atoms with Crippen LogP contribution in [-0.2, 0) is 17.6 Å². The minimum Gasteiger partial charge on any atom is -0.312 e. The van der Waals surface area contributed by atoms with Crippen molar-refractivity contribution in [2.75, 3.05) is 17.7 Å². The van der Waals surface area contributed by atoms with Gasteiger partial charge in [-0.15, -0.1) is 0 Å². The van der Waals surface area contributed by atoms with Crippen LogP contribution in [0.2, 0.25) is 0 Å². The predicted molar refractivity (Wildman–Crippen MR) is 96.8 cm³/mol. The van der Waals surface area contributed by atoms with Crippen LogP contribution in [0.3, 0.4) is 0 Å². The first-order chi connectivity index (χ1) is 12.0. The molecule has 3 rings (SSSR count). The summed E-state index contributed by atoms with van der Waals surface area (Å²) >= 11 is 1.37. The first-order valence-electron chi connectivity index (χ1n) is 8.22. The van der Waals surface area contributed by atoms with E-state index in [1.807, 2.05) is 6.26 Å². The van der Waals surface area contributed by atoms with Crippen molar-refractivity contribution in [3.8, 4) is 0 Å². The van der Waals surface area contributed by atoms with Gasteiger partial charge in [-0.3, -0.25) is 9.59 Å². The number of aryl methyl sites for hydroxylation is 2. The second kappa shape index (κ2) is 7.39. The summed E-state index contributed by atoms with van der Waals surface area (Å²) in [5.74, 6) is -0.443. The SMILES string of the molecule is CSc1nc(C)c(CCC(=O)N2CCCc3ccc(F)cc32)c(=O)[nH]1. The summed E-state index contributed by atoms with van der Waals surface area (Å²) < 4.78 is 13.6.